The number of sulfonamides is 1. The van der Waals surface area contributed by atoms with Gasteiger partial charge in [0.1, 0.15) is 0 Å². The smallest absolute Gasteiger partial charge is 0.242 e. The van der Waals surface area contributed by atoms with Crippen molar-refractivity contribution in [3.63, 3.8) is 0 Å². The third-order valence-corrected chi connectivity index (χ3v) is 5.46. The Bertz CT molecular complexity index is 580. The zero-order valence-electron chi connectivity index (χ0n) is 12.5. The molecule has 1 atom stereocenters. The van der Waals surface area contributed by atoms with Gasteiger partial charge in [-0.1, -0.05) is 20.8 Å². The van der Waals surface area contributed by atoms with E-state index < -0.39 is 10.0 Å². The molecule has 0 saturated heterocycles. The average molecular weight is 300 g/mol. The second kappa shape index (κ2) is 5.16. The van der Waals surface area contributed by atoms with E-state index >= 15 is 0 Å². The Kier molecular flexibility index (Phi) is 4.01. The maximum Gasteiger partial charge on any atom is 0.242 e. The number of rotatable bonds is 5. The zero-order valence-corrected chi connectivity index (χ0v) is 13.4. The molecule has 2 N–H and O–H groups in total. The Morgan fingerprint density at radius 3 is 2.50 bits per heavy atom. The van der Waals surface area contributed by atoms with Crippen molar-refractivity contribution < 1.29 is 13.5 Å². The van der Waals surface area contributed by atoms with E-state index in [2.05, 4.69) is 4.72 Å². The molecular weight excluding hydrogens is 276 g/mol. The van der Waals surface area contributed by atoms with Crippen LogP contribution in [0.3, 0.4) is 0 Å². The van der Waals surface area contributed by atoms with E-state index in [0.29, 0.717) is 11.7 Å². The summed E-state index contributed by atoms with van der Waals surface area (Å²) in [6.45, 7) is 7.71. The van der Waals surface area contributed by atoms with Crippen molar-refractivity contribution in [2.75, 3.05) is 0 Å². The van der Waals surface area contributed by atoms with Gasteiger partial charge in [-0.25, -0.2) is 13.1 Å². The third kappa shape index (κ3) is 3.24. The highest BCUT2D eigenvalue weighted by Crippen LogP contribution is 2.37. The lowest BCUT2D eigenvalue weighted by Gasteiger charge is -2.27. The minimum atomic E-state index is -3.54. The Hall–Kier alpha value is -0.850. The number of aromatic nitrogens is 1. The highest BCUT2D eigenvalue weighted by atomic mass is 32.2. The van der Waals surface area contributed by atoms with Gasteiger partial charge in [-0.05, 0) is 31.2 Å². The molecule has 1 unspecified atom stereocenters. The largest absolute Gasteiger partial charge is 0.390 e. The molecule has 6 heteroatoms. The summed E-state index contributed by atoms with van der Waals surface area (Å²) in [7, 11) is -3.54. The number of hydrogen-bond acceptors (Lipinski definition) is 3. The fourth-order valence-corrected chi connectivity index (χ4v) is 3.44. The van der Waals surface area contributed by atoms with Crippen LogP contribution in [-0.2, 0) is 16.6 Å². The van der Waals surface area contributed by atoms with Gasteiger partial charge in [0.25, 0.3) is 0 Å². The van der Waals surface area contributed by atoms with Crippen molar-refractivity contribution in [3.05, 3.63) is 18.0 Å². The normalized spacial score (nSPS) is 18.2. The van der Waals surface area contributed by atoms with Gasteiger partial charge in [0.15, 0.2) is 0 Å². The SMILES string of the molecule is CC(NS(=O)(=O)c1cc(CO)n(C2CC2)c1)C(C)(C)C. The van der Waals surface area contributed by atoms with Crippen molar-refractivity contribution in [1.29, 1.82) is 0 Å². The minimum Gasteiger partial charge on any atom is -0.390 e. The molecule has 1 fully saturated rings. The predicted molar refractivity (Wildman–Crippen MR) is 77.9 cm³/mol. The van der Waals surface area contributed by atoms with Crippen LogP contribution in [0, 0.1) is 5.41 Å². The molecule has 1 saturated carbocycles. The predicted octanol–water partition coefficient (Wildman–Crippen LogP) is 2.03. The molecule has 2 rings (SSSR count). The highest BCUT2D eigenvalue weighted by molar-refractivity contribution is 7.89. The van der Waals surface area contributed by atoms with Crippen molar-refractivity contribution in [2.24, 2.45) is 5.41 Å². The van der Waals surface area contributed by atoms with E-state index in [9.17, 15) is 13.5 Å². The Morgan fingerprint density at radius 1 is 1.45 bits per heavy atom. The maximum atomic E-state index is 12.4. The van der Waals surface area contributed by atoms with Crippen LogP contribution in [0.15, 0.2) is 17.2 Å². The molecule has 1 aromatic heterocycles. The molecule has 1 aliphatic rings. The molecule has 0 aromatic carbocycles. The van der Waals surface area contributed by atoms with Crippen LogP contribution in [0.5, 0.6) is 0 Å². The summed E-state index contributed by atoms with van der Waals surface area (Å²) >= 11 is 0. The first-order valence-electron chi connectivity index (χ1n) is 6.99. The van der Waals surface area contributed by atoms with Crippen LogP contribution in [0.1, 0.15) is 52.3 Å². The van der Waals surface area contributed by atoms with Gasteiger partial charge >= 0.3 is 0 Å². The summed E-state index contributed by atoms with van der Waals surface area (Å²) in [6, 6.07) is 1.74. The first-order chi connectivity index (χ1) is 9.15. The molecule has 114 valence electrons. The van der Waals surface area contributed by atoms with Crippen LogP contribution in [-0.4, -0.2) is 24.1 Å². The van der Waals surface area contributed by atoms with E-state index in [0.717, 1.165) is 12.8 Å². The van der Waals surface area contributed by atoms with Crippen molar-refractivity contribution in [3.8, 4) is 0 Å². The van der Waals surface area contributed by atoms with Gasteiger partial charge in [0, 0.05) is 24.0 Å². The van der Waals surface area contributed by atoms with Crippen LogP contribution >= 0.6 is 0 Å². The molecule has 0 radical (unpaired) electrons. The van der Waals surface area contributed by atoms with Crippen molar-refractivity contribution in [1.82, 2.24) is 9.29 Å². The molecule has 0 spiro atoms. The summed E-state index contributed by atoms with van der Waals surface area (Å²) in [5, 5.41) is 9.35. The summed E-state index contributed by atoms with van der Waals surface area (Å²) in [4.78, 5) is 0.240. The molecule has 1 aliphatic carbocycles. The molecule has 0 aliphatic heterocycles. The van der Waals surface area contributed by atoms with E-state index in [4.69, 9.17) is 0 Å². The lowest BCUT2D eigenvalue weighted by atomic mass is 9.89. The van der Waals surface area contributed by atoms with Crippen molar-refractivity contribution in [2.45, 2.75) is 64.1 Å². The van der Waals surface area contributed by atoms with Gasteiger partial charge in [0.05, 0.1) is 11.5 Å². The first kappa shape index (κ1) is 15.5. The second-order valence-electron chi connectivity index (χ2n) is 6.67. The molecule has 20 heavy (non-hydrogen) atoms. The fraction of sp³-hybridized carbons (Fsp3) is 0.714. The molecular formula is C14H24N2O3S. The van der Waals surface area contributed by atoms with Gasteiger partial charge in [-0.15, -0.1) is 0 Å². The highest BCUT2D eigenvalue weighted by Gasteiger charge is 2.30. The lowest BCUT2D eigenvalue weighted by Crippen LogP contribution is -2.41. The fourth-order valence-electron chi connectivity index (χ4n) is 1.94. The monoisotopic (exact) mass is 300 g/mol. The quantitative estimate of drug-likeness (QED) is 0.874. The maximum absolute atomic E-state index is 12.4. The van der Waals surface area contributed by atoms with E-state index in [1.165, 1.54) is 0 Å². The van der Waals surface area contributed by atoms with Crippen LogP contribution in [0.4, 0.5) is 0 Å². The number of nitrogens with one attached hydrogen (secondary N) is 1. The van der Waals surface area contributed by atoms with Gasteiger partial charge < -0.3 is 9.67 Å². The van der Waals surface area contributed by atoms with Crippen LogP contribution < -0.4 is 4.72 Å². The molecule has 0 amide bonds. The van der Waals surface area contributed by atoms with E-state index in [-0.39, 0.29) is 23.0 Å². The lowest BCUT2D eigenvalue weighted by molar-refractivity contribution is 0.270. The number of hydrogen-bond donors (Lipinski definition) is 2. The van der Waals surface area contributed by atoms with Gasteiger partial charge in [-0.2, -0.15) is 0 Å². The van der Waals surface area contributed by atoms with Crippen LogP contribution in [0.2, 0.25) is 0 Å². The Labute approximate surface area is 121 Å². The standard InChI is InChI=1S/C14H24N2O3S/c1-10(14(2,3)4)15-20(18,19)13-7-12(9-17)16(8-13)11-5-6-11/h7-8,10-11,15,17H,5-6,9H2,1-4H3. The van der Waals surface area contributed by atoms with Gasteiger partial charge in [0.2, 0.25) is 10.0 Å². The number of aliphatic hydroxyl groups excluding tert-OH is 1. The summed E-state index contributed by atoms with van der Waals surface area (Å²) < 4.78 is 29.4. The Balaban J connectivity index is 2.25. The number of aliphatic hydroxyl groups is 1. The summed E-state index contributed by atoms with van der Waals surface area (Å²) in [5.74, 6) is 0. The molecule has 1 heterocycles. The first-order valence-corrected chi connectivity index (χ1v) is 8.47. The summed E-state index contributed by atoms with van der Waals surface area (Å²) in [6.07, 6.45) is 3.74. The zero-order chi connectivity index (χ0) is 15.1. The van der Waals surface area contributed by atoms with E-state index in [1.807, 2.05) is 32.3 Å². The summed E-state index contributed by atoms with van der Waals surface area (Å²) in [5.41, 5.74) is 0.516. The molecule has 0 bridgehead atoms. The Morgan fingerprint density at radius 2 is 2.05 bits per heavy atom. The van der Waals surface area contributed by atoms with Gasteiger partial charge in [-0.3, -0.25) is 0 Å². The molecule has 1 aromatic rings. The average Bonchev–Trinajstić information content (AvgIpc) is 3.06. The topological polar surface area (TPSA) is 71.3 Å². The number of nitrogens with zero attached hydrogens (tertiary/aromatic N) is 1. The molecule has 5 nitrogen and oxygen atoms in total. The van der Waals surface area contributed by atoms with Crippen LogP contribution in [0.25, 0.3) is 0 Å². The third-order valence-electron chi connectivity index (χ3n) is 3.95. The van der Waals surface area contributed by atoms with Crippen molar-refractivity contribution >= 4 is 10.0 Å². The van der Waals surface area contributed by atoms with E-state index in [1.54, 1.807) is 12.3 Å². The second-order valence-corrected chi connectivity index (χ2v) is 8.39. The minimum absolute atomic E-state index is 0.138.